The number of aliphatic hydroxyl groups is 1. The van der Waals surface area contributed by atoms with Crippen molar-refractivity contribution in [1.82, 2.24) is 9.62 Å². The van der Waals surface area contributed by atoms with Crippen molar-refractivity contribution < 1.29 is 18.8 Å². The molecule has 7 heteroatoms. The summed E-state index contributed by atoms with van der Waals surface area (Å²) in [5.41, 5.74) is 0.272. The van der Waals surface area contributed by atoms with E-state index in [-0.39, 0.29) is 12.6 Å². The van der Waals surface area contributed by atoms with E-state index in [1.54, 1.807) is 0 Å². The highest BCUT2D eigenvalue weighted by atomic mass is 32.2. The standard InChI is InChI=1S/C21H36N2O4S/c1-8-17(22-28(26)21(5,6)7)18(15-24)23(19(25)27-20(2,3)4)14-16-12-10-9-11-13-16/h9-13,17-18,22,24H,8,14-15H2,1-7H3/t17-,18?,28+/m0/s1. The van der Waals surface area contributed by atoms with Crippen LogP contribution in [0.4, 0.5) is 4.79 Å². The molecule has 2 N–H and O–H groups in total. The van der Waals surface area contributed by atoms with Crippen molar-refractivity contribution in [1.29, 1.82) is 0 Å². The molecule has 0 aliphatic rings. The van der Waals surface area contributed by atoms with E-state index in [4.69, 9.17) is 4.74 Å². The predicted octanol–water partition coefficient (Wildman–Crippen LogP) is 3.62. The Morgan fingerprint density at radius 1 is 1.18 bits per heavy atom. The maximum absolute atomic E-state index is 13.0. The number of nitrogens with one attached hydrogen (secondary N) is 1. The number of carbonyl (C=O) groups is 1. The third kappa shape index (κ3) is 7.89. The maximum atomic E-state index is 13.0. The zero-order valence-electron chi connectivity index (χ0n) is 18.2. The lowest BCUT2D eigenvalue weighted by atomic mass is 10.0. The fourth-order valence-corrected chi connectivity index (χ4v) is 3.56. The Morgan fingerprint density at radius 2 is 1.75 bits per heavy atom. The van der Waals surface area contributed by atoms with Gasteiger partial charge >= 0.3 is 6.09 Å². The van der Waals surface area contributed by atoms with Gasteiger partial charge in [-0.15, -0.1) is 0 Å². The third-order valence-corrected chi connectivity index (χ3v) is 5.76. The topological polar surface area (TPSA) is 78.9 Å². The molecule has 1 aromatic rings. The van der Waals surface area contributed by atoms with Crippen LogP contribution in [0.25, 0.3) is 0 Å². The molecule has 0 heterocycles. The summed E-state index contributed by atoms with van der Waals surface area (Å²) in [5, 5.41) is 10.2. The molecule has 1 amide bonds. The summed E-state index contributed by atoms with van der Waals surface area (Å²) in [4.78, 5) is 14.5. The van der Waals surface area contributed by atoms with E-state index in [2.05, 4.69) is 4.72 Å². The fraction of sp³-hybridized carbons (Fsp3) is 0.667. The lowest BCUT2D eigenvalue weighted by Gasteiger charge is -2.37. The number of aliphatic hydroxyl groups excluding tert-OH is 1. The van der Waals surface area contributed by atoms with Crippen molar-refractivity contribution in [2.75, 3.05) is 6.61 Å². The van der Waals surface area contributed by atoms with Crippen LogP contribution < -0.4 is 4.72 Å². The van der Waals surface area contributed by atoms with E-state index in [0.29, 0.717) is 13.0 Å². The number of benzene rings is 1. The highest BCUT2D eigenvalue weighted by Gasteiger charge is 2.34. The minimum atomic E-state index is -1.32. The normalized spacial score (nSPS) is 15.6. The number of hydrogen-bond donors (Lipinski definition) is 2. The number of hydrogen-bond acceptors (Lipinski definition) is 4. The van der Waals surface area contributed by atoms with Gasteiger partial charge in [0.25, 0.3) is 0 Å². The Hall–Kier alpha value is -1.44. The van der Waals surface area contributed by atoms with Gasteiger partial charge in [0.15, 0.2) is 0 Å². The minimum Gasteiger partial charge on any atom is -0.444 e. The summed E-state index contributed by atoms with van der Waals surface area (Å²) >= 11 is 0. The van der Waals surface area contributed by atoms with E-state index in [1.165, 1.54) is 4.90 Å². The first-order valence-electron chi connectivity index (χ1n) is 9.71. The molecule has 0 fully saturated rings. The van der Waals surface area contributed by atoms with Gasteiger partial charge < -0.3 is 9.84 Å². The van der Waals surface area contributed by atoms with E-state index >= 15 is 0 Å². The molecule has 0 saturated carbocycles. The van der Waals surface area contributed by atoms with Crippen LogP contribution in [0.2, 0.25) is 0 Å². The molecule has 1 aromatic carbocycles. The minimum absolute atomic E-state index is 0.265. The van der Waals surface area contributed by atoms with E-state index in [1.807, 2.05) is 78.8 Å². The average molecular weight is 413 g/mol. The van der Waals surface area contributed by atoms with Gasteiger partial charge in [-0.25, -0.2) is 13.7 Å². The zero-order chi connectivity index (χ0) is 21.5. The largest absolute Gasteiger partial charge is 0.444 e. The molecule has 0 saturated heterocycles. The smallest absolute Gasteiger partial charge is 0.410 e. The molecule has 0 bridgehead atoms. The lowest BCUT2D eigenvalue weighted by molar-refractivity contribution is 0.00211. The van der Waals surface area contributed by atoms with Crippen molar-refractivity contribution in [3.05, 3.63) is 35.9 Å². The summed E-state index contributed by atoms with van der Waals surface area (Å²) in [6.45, 7) is 13.0. The molecular weight excluding hydrogens is 376 g/mol. The second kappa shape index (κ2) is 10.4. The quantitative estimate of drug-likeness (QED) is 0.684. The van der Waals surface area contributed by atoms with Gasteiger partial charge in [0.2, 0.25) is 0 Å². The van der Waals surface area contributed by atoms with Gasteiger partial charge in [-0.3, -0.25) is 4.90 Å². The molecule has 0 aliphatic heterocycles. The van der Waals surface area contributed by atoms with Gasteiger partial charge in [-0.2, -0.15) is 0 Å². The fourth-order valence-electron chi connectivity index (χ4n) is 2.61. The Kier molecular flexibility index (Phi) is 9.11. The molecule has 0 aliphatic carbocycles. The van der Waals surface area contributed by atoms with E-state index in [9.17, 15) is 14.1 Å². The predicted molar refractivity (Wildman–Crippen MR) is 114 cm³/mol. The molecule has 0 radical (unpaired) electrons. The molecule has 160 valence electrons. The van der Waals surface area contributed by atoms with Gasteiger partial charge in [-0.1, -0.05) is 37.3 Å². The zero-order valence-corrected chi connectivity index (χ0v) is 19.0. The number of nitrogens with zero attached hydrogens (tertiary/aromatic N) is 1. The van der Waals surface area contributed by atoms with Crippen LogP contribution in [-0.4, -0.2) is 49.3 Å². The first-order valence-corrected chi connectivity index (χ1v) is 10.9. The van der Waals surface area contributed by atoms with Crippen LogP contribution in [0.3, 0.4) is 0 Å². The number of ether oxygens (including phenoxy) is 1. The average Bonchev–Trinajstić information content (AvgIpc) is 2.58. The first kappa shape index (κ1) is 24.6. The van der Waals surface area contributed by atoms with Crippen LogP contribution in [0.5, 0.6) is 0 Å². The summed E-state index contributed by atoms with van der Waals surface area (Å²) in [7, 11) is -1.32. The molecule has 0 aromatic heterocycles. The Balaban J connectivity index is 3.17. The van der Waals surface area contributed by atoms with Gasteiger partial charge in [0.05, 0.1) is 28.4 Å². The summed E-state index contributed by atoms with van der Waals surface area (Å²) in [5.74, 6) is 0. The molecule has 3 atom stereocenters. The maximum Gasteiger partial charge on any atom is 0.410 e. The SMILES string of the molecule is CC[C@H](N[S@](=O)C(C)(C)C)C(CO)N(Cc1ccccc1)C(=O)OC(C)(C)C. The molecule has 1 unspecified atom stereocenters. The van der Waals surface area contributed by atoms with Crippen molar-refractivity contribution in [2.45, 2.75) is 83.9 Å². The van der Waals surface area contributed by atoms with Crippen molar-refractivity contribution in [3.8, 4) is 0 Å². The Morgan fingerprint density at radius 3 is 2.18 bits per heavy atom. The molecule has 1 rings (SSSR count). The monoisotopic (exact) mass is 412 g/mol. The highest BCUT2D eigenvalue weighted by molar-refractivity contribution is 7.84. The third-order valence-electron chi connectivity index (χ3n) is 4.13. The van der Waals surface area contributed by atoms with Gasteiger partial charge in [0, 0.05) is 12.6 Å². The van der Waals surface area contributed by atoms with Crippen LogP contribution in [0, 0.1) is 0 Å². The Labute approximate surface area is 172 Å². The first-order chi connectivity index (χ1) is 12.9. The highest BCUT2D eigenvalue weighted by Crippen LogP contribution is 2.20. The second-order valence-electron chi connectivity index (χ2n) is 8.86. The van der Waals surface area contributed by atoms with Crippen molar-refractivity contribution in [3.63, 3.8) is 0 Å². The van der Waals surface area contributed by atoms with E-state index < -0.39 is 33.5 Å². The summed E-state index contributed by atoms with van der Waals surface area (Å²) in [6, 6.07) is 8.64. The van der Waals surface area contributed by atoms with Crippen LogP contribution in [0.15, 0.2) is 30.3 Å². The number of carbonyl (C=O) groups excluding carboxylic acids is 1. The van der Waals surface area contributed by atoms with Crippen molar-refractivity contribution >= 4 is 17.1 Å². The number of rotatable bonds is 8. The molecule has 28 heavy (non-hydrogen) atoms. The van der Waals surface area contributed by atoms with Crippen LogP contribution in [0.1, 0.15) is 60.5 Å². The number of amides is 1. The summed E-state index contributed by atoms with van der Waals surface area (Å²) < 4.78 is 20.9. The van der Waals surface area contributed by atoms with Crippen molar-refractivity contribution in [2.24, 2.45) is 0 Å². The van der Waals surface area contributed by atoms with Crippen LogP contribution in [-0.2, 0) is 22.3 Å². The van der Waals surface area contributed by atoms with Crippen LogP contribution >= 0.6 is 0 Å². The summed E-state index contributed by atoms with van der Waals surface area (Å²) in [6.07, 6.45) is 0.0957. The Bertz CT molecular complexity index is 638. The van der Waals surface area contributed by atoms with Gasteiger partial charge in [0.1, 0.15) is 5.60 Å². The van der Waals surface area contributed by atoms with Gasteiger partial charge in [-0.05, 0) is 53.5 Å². The van der Waals surface area contributed by atoms with E-state index in [0.717, 1.165) is 5.56 Å². The molecular formula is C21H36N2O4S. The second-order valence-corrected chi connectivity index (χ2v) is 10.9. The molecule has 6 nitrogen and oxygen atoms in total. The molecule has 0 spiro atoms. The lowest BCUT2D eigenvalue weighted by Crippen LogP contribution is -2.56.